The van der Waals surface area contributed by atoms with Crippen molar-refractivity contribution in [3.63, 3.8) is 0 Å². The monoisotopic (exact) mass is 266 g/mol. The number of hydrogen-bond donors (Lipinski definition) is 2. The Balaban J connectivity index is 0.000000152. The Labute approximate surface area is 103 Å². The van der Waals surface area contributed by atoms with Gasteiger partial charge in [-0.1, -0.05) is 0 Å². The first kappa shape index (κ1) is 13.6. The first-order valence-corrected chi connectivity index (χ1v) is 6.20. The average Bonchev–Trinajstić information content (AvgIpc) is 2.11. The van der Waals surface area contributed by atoms with Crippen LogP contribution in [0.5, 0.6) is 0 Å². The van der Waals surface area contributed by atoms with Gasteiger partial charge in [0.05, 0.1) is 5.60 Å². The highest BCUT2D eigenvalue weighted by Crippen LogP contribution is 2.55. The van der Waals surface area contributed by atoms with E-state index < -0.39 is 12.1 Å². The molecule has 104 valence electrons. The molecule has 3 nitrogen and oxygen atoms in total. The summed E-state index contributed by atoms with van der Waals surface area (Å²) in [4.78, 5) is 8.90. The summed E-state index contributed by atoms with van der Waals surface area (Å²) in [6, 6.07) is 0. The number of carboxylic acid groups (broad SMARTS) is 1. The van der Waals surface area contributed by atoms with Gasteiger partial charge in [0.25, 0.3) is 0 Å². The van der Waals surface area contributed by atoms with E-state index >= 15 is 0 Å². The number of rotatable bonds is 0. The first-order chi connectivity index (χ1) is 8.18. The molecule has 0 aromatic rings. The fourth-order valence-corrected chi connectivity index (χ4v) is 4.06. The second kappa shape index (κ2) is 4.40. The van der Waals surface area contributed by atoms with Gasteiger partial charge in [0, 0.05) is 0 Å². The lowest BCUT2D eigenvalue weighted by atomic mass is 9.54. The minimum Gasteiger partial charge on any atom is -0.475 e. The van der Waals surface area contributed by atoms with E-state index in [9.17, 15) is 18.3 Å². The van der Waals surface area contributed by atoms with Crippen LogP contribution in [0.3, 0.4) is 0 Å². The van der Waals surface area contributed by atoms with Crippen molar-refractivity contribution < 1.29 is 28.2 Å². The van der Waals surface area contributed by atoms with Crippen LogP contribution in [0, 0.1) is 17.8 Å². The fraction of sp³-hybridized carbons (Fsp3) is 0.917. The molecule has 0 aromatic heterocycles. The molecule has 4 rings (SSSR count). The Morgan fingerprint density at radius 3 is 1.44 bits per heavy atom. The molecule has 0 aliphatic heterocycles. The van der Waals surface area contributed by atoms with Gasteiger partial charge in [-0.2, -0.15) is 13.2 Å². The lowest BCUT2D eigenvalue weighted by Gasteiger charge is -2.54. The number of hydrogen-bond acceptors (Lipinski definition) is 2. The summed E-state index contributed by atoms with van der Waals surface area (Å²) >= 11 is 0. The summed E-state index contributed by atoms with van der Waals surface area (Å²) in [6.07, 6.45) is 2.58. The molecule has 0 heterocycles. The highest BCUT2D eigenvalue weighted by atomic mass is 19.4. The predicted molar refractivity (Wildman–Crippen MR) is 56.8 cm³/mol. The lowest BCUT2D eigenvalue weighted by molar-refractivity contribution is -0.192. The van der Waals surface area contributed by atoms with Gasteiger partial charge in [-0.25, -0.2) is 4.79 Å². The Kier molecular flexibility index (Phi) is 3.34. The Morgan fingerprint density at radius 2 is 1.28 bits per heavy atom. The predicted octanol–water partition coefficient (Wildman–Crippen LogP) is 2.58. The smallest absolute Gasteiger partial charge is 0.475 e. The van der Waals surface area contributed by atoms with E-state index in [-0.39, 0.29) is 5.60 Å². The summed E-state index contributed by atoms with van der Waals surface area (Å²) in [5.74, 6) is -0.0729. The van der Waals surface area contributed by atoms with E-state index in [0.717, 1.165) is 37.0 Å². The zero-order valence-electron chi connectivity index (χ0n) is 9.91. The van der Waals surface area contributed by atoms with Crippen LogP contribution in [0.25, 0.3) is 0 Å². The summed E-state index contributed by atoms with van der Waals surface area (Å²) in [5, 5.41) is 17.2. The van der Waals surface area contributed by atoms with E-state index in [2.05, 4.69) is 0 Å². The maximum absolute atomic E-state index is 10.6. The van der Waals surface area contributed by atoms with Gasteiger partial charge in [0.2, 0.25) is 0 Å². The summed E-state index contributed by atoms with van der Waals surface area (Å²) in [6.45, 7) is 0. The largest absolute Gasteiger partial charge is 0.490 e. The molecule has 4 saturated carbocycles. The van der Waals surface area contributed by atoms with Gasteiger partial charge in [0.15, 0.2) is 0 Å². The number of halogens is 3. The average molecular weight is 266 g/mol. The molecule has 0 spiro atoms. The molecule has 18 heavy (non-hydrogen) atoms. The molecule has 0 saturated heterocycles. The zero-order valence-corrected chi connectivity index (χ0v) is 9.91. The van der Waals surface area contributed by atoms with E-state index in [1.54, 1.807) is 0 Å². The van der Waals surface area contributed by atoms with Crippen molar-refractivity contribution in [2.75, 3.05) is 0 Å². The molecular weight excluding hydrogens is 249 g/mol. The Hall–Kier alpha value is -0.780. The van der Waals surface area contributed by atoms with Crippen LogP contribution in [0.1, 0.15) is 38.5 Å². The van der Waals surface area contributed by atoms with Crippen molar-refractivity contribution in [3.05, 3.63) is 0 Å². The second-order valence-electron chi connectivity index (χ2n) is 5.94. The highest BCUT2D eigenvalue weighted by molar-refractivity contribution is 5.73. The van der Waals surface area contributed by atoms with Crippen LogP contribution in [0.15, 0.2) is 0 Å². The third-order valence-corrected chi connectivity index (χ3v) is 4.25. The lowest BCUT2D eigenvalue weighted by Crippen LogP contribution is -2.50. The van der Waals surface area contributed by atoms with Crippen molar-refractivity contribution in [3.8, 4) is 0 Å². The molecule has 4 aliphatic rings. The summed E-state index contributed by atoms with van der Waals surface area (Å²) < 4.78 is 31.7. The van der Waals surface area contributed by atoms with Crippen LogP contribution < -0.4 is 0 Å². The van der Waals surface area contributed by atoms with Crippen molar-refractivity contribution in [1.29, 1.82) is 0 Å². The normalized spacial score (nSPS) is 41.2. The van der Waals surface area contributed by atoms with E-state index in [4.69, 9.17) is 9.90 Å². The molecular formula is C12H17F3O3. The molecule has 0 aromatic carbocycles. The topological polar surface area (TPSA) is 57.5 Å². The van der Waals surface area contributed by atoms with Crippen molar-refractivity contribution in [2.24, 2.45) is 17.8 Å². The van der Waals surface area contributed by atoms with Gasteiger partial charge in [-0.3, -0.25) is 0 Å². The zero-order chi connectivity index (χ0) is 13.6. The Morgan fingerprint density at radius 1 is 1.00 bits per heavy atom. The van der Waals surface area contributed by atoms with Crippen molar-refractivity contribution in [1.82, 2.24) is 0 Å². The molecule has 0 unspecified atom stereocenters. The summed E-state index contributed by atoms with van der Waals surface area (Å²) in [7, 11) is 0. The number of aliphatic hydroxyl groups is 1. The fourth-order valence-electron chi connectivity index (χ4n) is 4.06. The van der Waals surface area contributed by atoms with Crippen LogP contribution in [-0.2, 0) is 4.79 Å². The van der Waals surface area contributed by atoms with Crippen LogP contribution in [0.2, 0.25) is 0 Å². The minimum absolute atomic E-state index is 0.200. The van der Waals surface area contributed by atoms with Gasteiger partial charge in [0.1, 0.15) is 0 Å². The van der Waals surface area contributed by atoms with Gasteiger partial charge < -0.3 is 10.2 Å². The molecule has 0 atom stereocenters. The van der Waals surface area contributed by atoms with E-state index in [0.29, 0.717) is 0 Å². The number of alkyl halides is 3. The first-order valence-electron chi connectivity index (χ1n) is 6.20. The SMILES string of the molecule is O=C(O)C(F)(F)F.OC12CC3CC(CC(C3)C1)C2. The van der Waals surface area contributed by atoms with E-state index in [1.165, 1.54) is 19.3 Å². The van der Waals surface area contributed by atoms with Crippen molar-refractivity contribution in [2.45, 2.75) is 50.3 Å². The van der Waals surface area contributed by atoms with Crippen LogP contribution in [-0.4, -0.2) is 28.0 Å². The number of carboxylic acids is 1. The molecule has 0 amide bonds. The third kappa shape index (κ3) is 2.96. The molecule has 6 heteroatoms. The van der Waals surface area contributed by atoms with Crippen molar-refractivity contribution >= 4 is 5.97 Å². The van der Waals surface area contributed by atoms with Gasteiger partial charge >= 0.3 is 12.1 Å². The van der Waals surface area contributed by atoms with Crippen LogP contribution in [0.4, 0.5) is 13.2 Å². The maximum atomic E-state index is 10.6. The standard InChI is InChI=1S/C10H16O.C2HF3O2/c11-10-4-7-1-8(5-10)3-9(2-7)6-10;3-2(4,5)1(6)7/h7-9,11H,1-6H2;(H,6,7). The van der Waals surface area contributed by atoms with Gasteiger partial charge in [-0.05, 0) is 56.3 Å². The number of aliphatic carboxylic acids is 1. The summed E-state index contributed by atoms with van der Waals surface area (Å²) in [5.41, 5.74) is -0.200. The van der Waals surface area contributed by atoms with Crippen LogP contribution >= 0.6 is 0 Å². The maximum Gasteiger partial charge on any atom is 0.490 e. The van der Waals surface area contributed by atoms with E-state index in [1.807, 2.05) is 0 Å². The third-order valence-electron chi connectivity index (χ3n) is 4.25. The second-order valence-corrected chi connectivity index (χ2v) is 5.94. The molecule has 4 bridgehead atoms. The molecule has 4 fully saturated rings. The molecule has 2 N–H and O–H groups in total. The molecule has 4 aliphatic carbocycles. The quantitative estimate of drug-likeness (QED) is 0.708. The Bertz CT molecular complexity index is 303. The highest BCUT2D eigenvalue weighted by Gasteiger charge is 2.49. The molecule has 0 radical (unpaired) electrons. The van der Waals surface area contributed by atoms with Gasteiger partial charge in [-0.15, -0.1) is 0 Å². The number of carbonyl (C=O) groups is 1. The minimum atomic E-state index is -5.08.